The van der Waals surface area contributed by atoms with Gasteiger partial charge in [0, 0.05) is 18.0 Å². The molecule has 2 saturated heterocycles. The van der Waals surface area contributed by atoms with Crippen molar-refractivity contribution in [3.8, 4) is 0 Å². The molecule has 0 N–H and O–H groups in total. The summed E-state index contributed by atoms with van der Waals surface area (Å²) in [5, 5.41) is 1.14. The minimum atomic E-state index is -0.936. The topological polar surface area (TPSA) is 30.9 Å². The van der Waals surface area contributed by atoms with Crippen molar-refractivity contribution in [2.75, 3.05) is 31.2 Å². The van der Waals surface area contributed by atoms with Crippen LogP contribution in [0.15, 0.2) is 17.9 Å². The lowest BCUT2D eigenvalue weighted by Gasteiger charge is -2.32. The molecule has 0 radical (unpaired) electrons. The van der Waals surface area contributed by atoms with E-state index in [1.807, 2.05) is 39.8 Å². The zero-order valence-electron chi connectivity index (χ0n) is 14.1. The molecule has 4 nitrogen and oxygen atoms in total. The second kappa shape index (κ2) is 6.20. The summed E-state index contributed by atoms with van der Waals surface area (Å²) in [6.45, 7) is 10.9. The largest absolute Gasteiger partial charge is 0.525 e. The molecule has 23 heavy (non-hydrogen) atoms. The molecule has 2 aliphatic rings. The second-order valence-corrected chi connectivity index (χ2v) is 7.99. The van der Waals surface area contributed by atoms with Gasteiger partial charge in [0.05, 0.1) is 29.4 Å². The van der Waals surface area contributed by atoms with Crippen molar-refractivity contribution in [3.63, 3.8) is 0 Å². The third-order valence-electron chi connectivity index (χ3n) is 4.69. The third kappa shape index (κ3) is 3.48. The maximum Gasteiger partial charge on any atom is 0.525 e. The molecule has 126 valence electrons. The number of halogens is 1. The number of hydrogen-bond acceptors (Lipinski definition) is 5. The quantitative estimate of drug-likeness (QED) is 0.789. The van der Waals surface area contributed by atoms with E-state index in [1.165, 1.54) is 6.08 Å². The molecule has 0 unspecified atom stereocenters. The van der Waals surface area contributed by atoms with Crippen molar-refractivity contribution in [3.05, 3.63) is 22.7 Å². The molecule has 1 aromatic rings. The molecule has 0 saturated carbocycles. The van der Waals surface area contributed by atoms with E-state index < -0.39 is 18.3 Å². The zero-order chi connectivity index (χ0) is 16.7. The molecule has 2 fully saturated rings. The Bertz CT molecular complexity index is 580. The SMILES string of the molecule is CC1(C)OB(C(F)=Cc2ccc(N3CCOCC3)s2)OC1(C)C. The summed E-state index contributed by atoms with van der Waals surface area (Å²) >= 11 is 1.57. The fraction of sp³-hybridized carbons (Fsp3) is 0.625. The van der Waals surface area contributed by atoms with Crippen LogP contribution >= 0.6 is 11.3 Å². The van der Waals surface area contributed by atoms with Crippen LogP contribution in [-0.2, 0) is 14.0 Å². The van der Waals surface area contributed by atoms with Gasteiger partial charge in [-0.3, -0.25) is 0 Å². The van der Waals surface area contributed by atoms with Crippen LogP contribution < -0.4 is 4.90 Å². The summed E-state index contributed by atoms with van der Waals surface area (Å²) in [6.07, 6.45) is 1.51. The van der Waals surface area contributed by atoms with E-state index in [1.54, 1.807) is 11.3 Å². The zero-order valence-corrected chi connectivity index (χ0v) is 14.9. The summed E-state index contributed by atoms with van der Waals surface area (Å²) in [7, 11) is -0.936. The summed E-state index contributed by atoms with van der Waals surface area (Å²) in [6, 6.07) is 3.96. The van der Waals surface area contributed by atoms with Crippen LogP contribution in [0.5, 0.6) is 0 Å². The van der Waals surface area contributed by atoms with Gasteiger partial charge < -0.3 is 18.9 Å². The maximum absolute atomic E-state index is 14.5. The molecule has 0 aliphatic carbocycles. The lowest BCUT2D eigenvalue weighted by atomic mass is 9.87. The fourth-order valence-corrected chi connectivity index (χ4v) is 3.53. The Morgan fingerprint density at radius 1 is 1.17 bits per heavy atom. The van der Waals surface area contributed by atoms with E-state index in [-0.39, 0.29) is 5.73 Å². The smallest absolute Gasteiger partial charge is 0.398 e. The number of nitrogens with zero attached hydrogens (tertiary/aromatic N) is 1. The molecule has 2 aliphatic heterocycles. The number of rotatable bonds is 3. The molecule has 3 heterocycles. The number of anilines is 1. The minimum Gasteiger partial charge on any atom is -0.398 e. The Labute approximate surface area is 141 Å². The highest BCUT2D eigenvalue weighted by molar-refractivity contribution is 7.17. The molecule has 0 aromatic carbocycles. The first kappa shape index (κ1) is 17.0. The van der Waals surface area contributed by atoms with Crippen LogP contribution in [0.4, 0.5) is 9.39 Å². The van der Waals surface area contributed by atoms with Gasteiger partial charge in [0.25, 0.3) is 0 Å². The van der Waals surface area contributed by atoms with Gasteiger partial charge in [0.15, 0.2) is 0 Å². The minimum absolute atomic E-state index is 0.390. The number of morpholine rings is 1. The Kier molecular flexibility index (Phi) is 4.57. The predicted octanol–water partition coefficient (Wildman–Crippen LogP) is 3.53. The molecular formula is C16H23BFNO3S. The first-order chi connectivity index (χ1) is 10.8. The van der Waals surface area contributed by atoms with E-state index in [0.29, 0.717) is 0 Å². The van der Waals surface area contributed by atoms with Crippen molar-refractivity contribution >= 4 is 29.5 Å². The second-order valence-electron chi connectivity index (χ2n) is 6.89. The van der Waals surface area contributed by atoms with Crippen LogP contribution in [0.25, 0.3) is 6.08 Å². The van der Waals surface area contributed by atoms with E-state index in [9.17, 15) is 4.39 Å². The van der Waals surface area contributed by atoms with Gasteiger partial charge in [-0.05, 0) is 45.9 Å². The summed E-state index contributed by atoms with van der Waals surface area (Å²) < 4.78 is 31.3. The average Bonchev–Trinajstić information content (AvgIpc) is 3.03. The van der Waals surface area contributed by atoms with Crippen LogP contribution in [-0.4, -0.2) is 44.6 Å². The van der Waals surface area contributed by atoms with Gasteiger partial charge >= 0.3 is 7.12 Å². The fourth-order valence-electron chi connectivity index (χ4n) is 2.53. The van der Waals surface area contributed by atoms with Crippen molar-refractivity contribution in [2.45, 2.75) is 38.9 Å². The molecule has 1 aromatic heterocycles. The third-order valence-corrected chi connectivity index (χ3v) is 5.79. The van der Waals surface area contributed by atoms with Gasteiger partial charge in [0.1, 0.15) is 5.73 Å². The number of hydrogen-bond donors (Lipinski definition) is 0. The van der Waals surface area contributed by atoms with Crippen molar-refractivity contribution in [2.24, 2.45) is 0 Å². The molecule has 0 bridgehead atoms. The van der Waals surface area contributed by atoms with Gasteiger partial charge in [0.2, 0.25) is 0 Å². The molecule has 3 rings (SSSR count). The first-order valence-electron chi connectivity index (χ1n) is 7.94. The van der Waals surface area contributed by atoms with E-state index in [2.05, 4.69) is 4.90 Å². The van der Waals surface area contributed by atoms with Crippen LogP contribution in [0, 0.1) is 0 Å². The van der Waals surface area contributed by atoms with Crippen LogP contribution in [0.3, 0.4) is 0 Å². The molecule has 0 spiro atoms. The van der Waals surface area contributed by atoms with Gasteiger partial charge in [-0.15, -0.1) is 11.3 Å². The van der Waals surface area contributed by atoms with Crippen molar-refractivity contribution in [1.29, 1.82) is 0 Å². The van der Waals surface area contributed by atoms with E-state index in [0.717, 1.165) is 36.2 Å². The number of thiophene rings is 1. The van der Waals surface area contributed by atoms with Gasteiger partial charge in [-0.1, -0.05) is 0 Å². The molecule has 7 heteroatoms. The van der Waals surface area contributed by atoms with Crippen molar-refractivity contribution in [1.82, 2.24) is 0 Å². The first-order valence-corrected chi connectivity index (χ1v) is 8.75. The highest BCUT2D eigenvalue weighted by Gasteiger charge is 2.53. The van der Waals surface area contributed by atoms with Gasteiger partial charge in [-0.2, -0.15) is 0 Å². The number of ether oxygens (including phenoxy) is 1. The van der Waals surface area contributed by atoms with Crippen LogP contribution in [0.2, 0.25) is 0 Å². The lowest BCUT2D eigenvalue weighted by molar-refractivity contribution is 0.00578. The Morgan fingerprint density at radius 2 is 1.78 bits per heavy atom. The summed E-state index contributed by atoms with van der Waals surface area (Å²) in [5.74, 6) is 0. The standard InChI is InChI=1S/C16H23BFNO3S/c1-15(2)16(3,4)22-17(21-15)13(18)11-12-5-6-14(23-12)19-7-9-20-10-8-19/h5-6,11H,7-10H2,1-4H3. The van der Waals surface area contributed by atoms with E-state index >= 15 is 0 Å². The van der Waals surface area contributed by atoms with E-state index in [4.69, 9.17) is 14.0 Å². The average molecular weight is 339 g/mol. The predicted molar refractivity (Wildman–Crippen MR) is 92.5 cm³/mol. The highest BCUT2D eigenvalue weighted by atomic mass is 32.1. The highest BCUT2D eigenvalue weighted by Crippen LogP contribution is 2.39. The Balaban J connectivity index is 1.71. The summed E-state index contributed by atoms with van der Waals surface area (Å²) in [4.78, 5) is 3.12. The lowest BCUT2D eigenvalue weighted by Crippen LogP contribution is -2.41. The van der Waals surface area contributed by atoms with Crippen LogP contribution in [0.1, 0.15) is 32.6 Å². The summed E-state index contributed by atoms with van der Waals surface area (Å²) in [5.41, 5.74) is -1.45. The molecule has 0 atom stereocenters. The van der Waals surface area contributed by atoms with Gasteiger partial charge in [-0.25, -0.2) is 4.39 Å². The molecular weight excluding hydrogens is 316 g/mol. The monoisotopic (exact) mass is 339 g/mol. The Hall–Kier alpha value is -0.885. The maximum atomic E-state index is 14.5. The van der Waals surface area contributed by atoms with Crippen molar-refractivity contribution < 1.29 is 18.4 Å². The Morgan fingerprint density at radius 3 is 2.39 bits per heavy atom. The molecule has 0 amide bonds. The normalized spacial score (nSPS) is 24.3.